The zero-order valence-electron chi connectivity index (χ0n) is 12.1. The van der Waals surface area contributed by atoms with Crippen molar-refractivity contribution in [1.29, 1.82) is 0 Å². The molecule has 0 saturated heterocycles. The summed E-state index contributed by atoms with van der Waals surface area (Å²) in [7, 11) is 0. The minimum absolute atomic E-state index is 0.0820. The van der Waals surface area contributed by atoms with Crippen LogP contribution < -0.4 is 11.1 Å². The summed E-state index contributed by atoms with van der Waals surface area (Å²) in [6.45, 7) is 1.59. The van der Waals surface area contributed by atoms with Gasteiger partial charge in [0, 0.05) is 25.5 Å². The molecule has 1 aromatic carbocycles. The average molecular weight is 286 g/mol. The van der Waals surface area contributed by atoms with Crippen LogP contribution in [0.25, 0.3) is 0 Å². The van der Waals surface area contributed by atoms with Crippen molar-refractivity contribution in [2.45, 2.75) is 31.8 Å². The van der Waals surface area contributed by atoms with Crippen LogP contribution in [-0.2, 0) is 17.8 Å². The molecule has 0 spiro atoms. The first-order valence-electron chi connectivity index (χ1n) is 7.28. The second-order valence-electron chi connectivity index (χ2n) is 5.09. The number of aromatic nitrogens is 2. The van der Waals surface area contributed by atoms with Crippen molar-refractivity contribution in [3.05, 3.63) is 54.6 Å². The fourth-order valence-electron chi connectivity index (χ4n) is 2.14. The highest BCUT2D eigenvalue weighted by atomic mass is 16.2. The molecule has 0 saturated carbocycles. The van der Waals surface area contributed by atoms with Crippen molar-refractivity contribution >= 4 is 5.91 Å². The van der Waals surface area contributed by atoms with Crippen LogP contribution in [0.5, 0.6) is 0 Å². The molecule has 112 valence electrons. The summed E-state index contributed by atoms with van der Waals surface area (Å²) in [5.74, 6) is -0.0820. The zero-order valence-corrected chi connectivity index (χ0v) is 12.1. The monoisotopic (exact) mass is 286 g/mol. The number of rotatable bonds is 8. The minimum Gasteiger partial charge on any atom is -0.355 e. The van der Waals surface area contributed by atoms with Crippen LogP contribution in [0.15, 0.2) is 49.1 Å². The molecule has 0 radical (unpaired) electrons. The minimum atomic E-state index is -0.485. The average Bonchev–Trinajstić information content (AvgIpc) is 3.01. The molecule has 5 nitrogen and oxygen atoms in total. The summed E-state index contributed by atoms with van der Waals surface area (Å²) in [6.07, 6.45) is 8.02. The van der Waals surface area contributed by atoms with Crippen LogP contribution in [0.4, 0.5) is 0 Å². The van der Waals surface area contributed by atoms with Gasteiger partial charge in [0.2, 0.25) is 5.91 Å². The number of hydrogen-bond acceptors (Lipinski definition) is 3. The maximum atomic E-state index is 11.9. The SMILES string of the molecule is N[C@@H](Cc1ccccc1)C(=O)NCCCCn1ccnc1. The molecule has 1 atom stereocenters. The number of aryl methyl sites for hydroxylation is 1. The molecule has 3 N–H and O–H groups in total. The van der Waals surface area contributed by atoms with Gasteiger partial charge in [0.25, 0.3) is 0 Å². The highest BCUT2D eigenvalue weighted by Crippen LogP contribution is 2.02. The molecule has 21 heavy (non-hydrogen) atoms. The van der Waals surface area contributed by atoms with E-state index in [-0.39, 0.29) is 5.91 Å². The topological polar surface area (TPSA) is 72.9 Å². The Kier molecular flexibility index (Phi) is 5.97. The summed E-state index contributed by atoms with van der Waals surface area (Å²) in [4.78, 5) is 15.9. The summed E-state index contributed by atoms with van der Waals surface area (Å²) in [6, 6.07) is 9.35. The summed E-state index contributed by atoms with van der Waals surface area (Å²) in [5.41, 5.74) is 7.00. The lowest BCUT2D eigenvalue weighted by molar-refractivity contribution is -0.122. The Hall–Kier alpha value is -2.14. The smallest absolute Gasteiger partial charge is 0.237 e. The first-order valence-corrected chi connectivity index (χ1v) is 7.28. The molecule has 1 aromatic heterocycles. The van der Waals surface area contributed by atoms with Gasteiger partial charge in [-0.05, 0) is 24.8 Å². The second-order valence-corrected chi connectivity index (χ2v) is 5.09. The number of carbonyl (C=O) groups excluding carboxylic acids is 1. The first kappa shape index (κ1) is 15.3. The first-order chi connectivity index (χ1) is 10.3. The maximum absolute atomic E-state index is 11.9. The van der Waals surface area contributed by atoms with Gasteiger partial charge in [-0.25, -0.2) is 4.98 Å². The fraction of sp³-hybridized carbons (Fsp3) is 0.375. The van der Waals surface area contributed by atoms with Crippen molar-refractivity contribution in [2.75, 3.05) is 6.54 Å². The lowest BCUT2D eigenvalue weighted by Gasteiger charge is -2.12. The molecule has 0 aliphatic rings. The van der Waals surface area contributed by atoms with E-state index in [1.165, 1.54) is 0 Å². The third-order valence-electron chi connectivity index (χ3n) is 3.34. The van der Waals surface area contributed by atoms with Gasteiger partial charge in [-0.2, -0.15) is 0 Å². The number of hydrogen-bond donors (Lipinski definition) is 2. The number of benzene rings is 1. The van der Waals surface area contributed by atoms with Crippen LogP contribution in [0.3, 0.4) is 0 Å². The number of nitrogens with one attached hydrogen (secondary N) is 1. The van der Waals surface area contributed by atoms with Crippen molar-refractivity contribution in [2.24, 2.45) is 5.73 Å². The van der Waals surface area contributed by atoms with Crippen LogP contribution in [0, 0.1) is 0 Å². The van der Waals surface area contributed by atoms with Crippen molar-refractivity contribution in [3.8, 4) is 0 Å². The number of carbonyl (C=O) groups is 1. The van der Waals surface area contributed by atoms with E-state index in [9.17, 15) is 4.79 Å². The standard InChI is InChI=1S/C16H22N4O/c17-15(12-14-6-2-1-3-7-14)16(21)19-8-4-5-10-20-11-9-18-13-20/h1-3,6-7,9,11,13,15H,4-5,8,10,12,17H2,(H,19,21)/t15-/m0/s1. The molecule has 1 heterocycles. The van der Waals surface area contributed by atoms with Gasteiger partial charge in [-0.15, -0.1) is 0 Å². The molecule has 2 aromatic rings. The molecular formula is C16H22N4O. The predicted octanol–water partition coefficient (Wildman–Crippen LogP) is 1.35. The predicted molar refractivity (Wildman–Crippen MR) is 82.6 cm³/mol. The van der Waals surface area contributed by atoms with Gasteiger partial charge in [-0.1, -0.05) is 30.3 Å². The maximum Gasteiger partial charge on any atom is 0.237 e. The summed E-state index contributed by atoms with van der Waals surface area (Å²) < 4.78 is 2.03. The second kappa shape index (κ2) is 8.21. The van der Waals surface area contributed by atoms with Crippen LogP contribution in [0.1, 0.15) is 18.4 Å². The van der Waals surface area contributed by atoms with E-state index in [0.717, 1.165) is 24.9 Å². The van der Waals surface area contributed by atoms with Gasteiger partial charge in [0.1, 0.15) is 0 Å². The summed E-state index contributed by atoms with van der Waals surface area (Å²) >= 11 is 0. The number of amides is 1. The Morgan fingerprint density at radius 2 is 2.10 bits per heavy atom. The van der Waals surface area contributed by atoms with Crippen LogP contribution >= 0.6 is 0 Å². The van der Waals surface area contributed by atoms with E-state index in [4.69, 9.17) is 5.73 Å². The molecular weight excluding hydrogens is 264 g/mol. The van der Waals surface area contributed by atoms with Crippen molar-refractivity contribution in [1.82, 2.24) is 14.9 Å². The molecule has 2 rings (SSSR count). The number of unbranched alkanes of at least 4 members (excludes halogenated alkanes) is 1. The van der Waals surface area contributed by atoms with Crippen molar-refractivity contribution < 1.29 is 4.79 Å². The van der Waals surface area contributed by atoms with Gasteiger partial charge in [-0.3, -0.25) is 4.79 Å². The van der Waals surface area contributed by atoms with E-state index in [0.29, 0.717) is 13.0 Å². The van der Waals surface area contributed by atoms with E-state index in [2.05, 4.69) is 10.3 Å². The van der Waals surface area contributed by atoms with E-state index in [1.54, 1.807) is 12.5 Å². The molecule has 1 amide bonds. The molecule has 0 unspecified atom stereocenters. The number of imidazole rings is 1. The van der Waals surface area contributed by atoms with Gasteiger partial charge < -0.3 is 15.6 Å². The van der Waals surface area contributed by atoms with E-state index in [1.807, 2.05) is 41.1 Å². The van der Waals surface area contributed by atoms with Crippen molar-refractivity contribution in [3.63, 3.8) is 0 Å². The van der Waals surface area contributed by atoms with E-state index >= 15 is 0 Å². The lowest BCUT2D eigenvalue weighted by atomic mass is 10.1. The Bertz CT molecular complexity index is 524. The zero-order chi connectivity index (χ0) is 14.9. The normalized spacial score (nSPS) is 12.0. The fourth-order valence-corrected chi connectivity index (χ4v) is 2.14. The largest absolute Gasteiger partial charge is 0.355 e. The highest BCUT2D eigenvalue weighted by Gasteiger charge is 2.12. The van der Waals surface area contributed by atoms with Gasteiger partial charge in [0.15, 0.2) is 0 Å². The third-order valence-corrected chi connectivity index (χ3v) is 3.34. The molecule has 0 fully saturated rings. The van der Waals surface area contributed by atoms with Crippen LogP contribution in [-0.4, -0.2) is 28.0 Å². The third kappa shape index (κ3) is 5.39. The highest BCUT2D eigenvalue weighted by molar-refractivity contribution is 5.81. The molecule has 0 aliphatic heterocycles. The molecule has 0 bridgehead atoms. The van der Waals surface area contributed by atoms with Gasteiger partial charge in [0.05, 0.1) is 12.4 Å². The Balaban J connectivity index is 1.60. The Morgan fingerprint density at radius 3 is 2.81 bits per heavy atom. The summed E-state index contributed by atoms with van der Waals surface area (Å²) in [5, 5.41) is 2.89. The lowest BCUT2D eigenvalue weighted by Crippen LogP contribution is -2.42. The quantitative estimate of drug-likeness (QED) is 0.719. The Morgan fingerprint density at radius 1 is 1.29 bits per heavy atom. The number of nitrogens with zero attached hydrogens (tertiary/aromatic N) is 2. The molecule has 5 heteroatoms. The van der Waals surface area contributed by atoms with E-state index < -0.39 is 6.04 Å². The number of nitrogens with two attached hydrogens (primary N) is 1. The Labute approximate surface area is 125 Å². The van der Waals surface area contributed by atoms with Crippen LogP contribution in [0.2, 0.25) is 0 Å². The molecule has 0 aliphatic carbocycles. The van der Waals surface area contributed by atoms with Gasteiger partial charge >= 0.3 is 0 Å².